The Kier molecular flexibility index (Phi) is 8.99. The third-order valence-electron chi connectivity index (χ3n) is 6.39. The molecule has 0 aliphatic carbocycles. The smallest absolute Gasteiger partial charge is 0.422 e. The number of nitrogens with zero attached hydrogens (tertiary/aromatic N) is 1. The van der Waals surface area contributed by atoms with E-state index in [4.69, 9.17) is 27.9 Å². The molecule has 8 nitrogen and oxygen atoms in total. The Balaban J connectivity index is 1.23. The Morgan fingerprint density at radius 1 is 1.05 bits per heavy atom. The molecule has 14 heteroatoms. The van der Waals surface area contributed by atoms with Crippen molar-refractivity contribution in [1.29, 1.82) is 0 Å². The van der Waals surface area contributed by atoms with E-state index in [0.29, 0.717) is 33.3 Å². The molecule has 3 aromatic carbocycles. The van der Waals surface area contributed by atoms with Gasteiger partial charge in [0.15, 0.2) is 12.8 Å². The number of aromatic amines is 1. The molecular weight excluding hydrogens is 601 g/mol. The fourth-order valence-electron chi connectivity index (χ4n) is 4.35. The van der Waals surface area contributed by atoms with Crippen molar-refractivity contribution in [2.45, 2.75) is 31.2 Å². The maximum Gasteiger partial charge on any atom is 0.422 e. The molecule has 0 saturated carbocycles. The van der Waals surface area contributed by atoms with E-state index >= 15 is 0 Å². The first-order valence-electron chi connectivity index (χ1n) is 12.6. The molecule has 1 amide bonds. The van der Waals surface area contributed by atoms with Crippen LogP contribution >= 0.6 is 23.2 Å². The molecule has 5 rings (SSSR count). The summed E-state index contributed by atoms with van der Waals surface area (Å²) < 4.78 is 64.0. The SMILES string of the molecule is O=C(N[C@@H](C[n+]1cc[nH]c1)c1ccc(Cl)cc1Cl)c1ccc([C@H]2NNC(c3ccc(OCC(F)(F)F)cc3F)O2)cc1. The van der Waals surface area contributed by atoms with Crippen molar-refractivity contribution < 1.29 is 36.4 Å². The molecule has 0 bridgehead atoms. The molecule has 0 spiro atoms. The van der Waals surface area contributed by atoms with Gasteiger partial charge in [-0.15, -0.1) is 0 Å². The zero-order valence-electron chi connectivity index (χ0n) is 21.6. The second-order valence-electron chi connectivity index (χ2n) is 9.39. The Labute approximate surface area is 247 Å². The van der Waals surface area contributed by atoms with E-state index < -0.39 is 37.1 Å². The second-order valence-corrected chi connectivity index (χ2v) is 10.2. The van der Waals surface area contributed by atoms with Gasteiger partial charge >= 0.3 is 6.18 Å². The lowest BCUT2D eigenvalue weighted by atomic mass is 10.0. The highest BCUT2D eigenvalue weighted by Gasteiger charge is 2.31. The summed E-state index contributed by atoms with van der Waals surface area (Å²) in [5.41, 5.74) is 7.52. The van der Waals surface area contributed by atoms with Crippen molar-refractivity contribution in [2.75, 3.05) is 6.61 Å². The van der Waals surface area contributed by atoms with Crippen molar-refractivity contribution >= 4 is 29.1 Å². The van der Waals surface area contributed by atoms with E-state index in [9.17, 15) is 22.4 Å². The monoisotopic (exact) mass is 624 g/mol. The lowest BCUT2D eigenvalue weighted by Crippen LogP contribution is -2.41. The highest BCUT2D eigenvalue weighted by atomic mass is 35.5. The Morgan fingerprint density at radius 2 is 1.81 bits per heavy atom. The van der Waals surface area contributed by atoms with Gasteiger partial charge in [-0.25, -0.2) is 19.8 Å². The number of ether oxygens (including phenoxy) is 2. The molecule has 1 aliphatic rings. The first kappa shape index (κ1) is 29.8. The lowest BCUT2D eigenvalue weighted by Gasteiger charge is -2.19. The largest absolute Gasteiger partial charge is 0.484 e. The molecule has 4 N–H and O–H groups in total. The number of H-pyrrole nitrogens is 1. The van der Waals surface area contributed by atoms with E-state index in [1.54, 1.807) is 55.0 Å². The van der Waals surface area contributed by atoms with Gasteiger partial charge in [-0.05, 0) is 47.5 Å². The van der Waals surface area contributed by atoms with Crippen LogP contribution in [0, 0.1) is 5.82 Å². The number of nitrogens with one attached hydrogen (secondary N) is 4. The van der Waals surface area contributed by atoms with Crippen LogP contribution in [-0.4, -0.2) is 23.7 Å². The number of alkyl halides is 3. The molecule has 42 heavy (non-hydrogen) atoms. The van der Waals surface area contributed by atoms with Gasteiger partial charge < -0.3 is 14.8 Å². The highest BCUT2D eigenvalue weighted by Crippen LogP contribution is 2.31. The van der Waals surface area contributed by atoms with Crippen LogP contribution in [0.25, 0.3) is 0 Å². The lowest BCUT2D eigenvalue weighted by molar-refractivity contribution is -0.698. The van der Waals surface area contributed by atoms with Gasteiger partial charge in [0.1, 0.15) is 36.7 Å². The third-order valence-corrected chi connectivity index (χ3v) is 6.95. The molecule has 1 aromatic heterocycles. The quantitative estimate of drug-likeness (QED) is 0.142. The van der Waals surface area contributed by atoms with Crippen LogP contribution in [0.3, 0.4) is 0 Å². The highest BCUT2D eigenvalue weighted by molar-refractivity contribution is 6.35. The van der Waals surface area contributed by atoms with Crippen LogP contribution in [-0.2, 0) is 11.3 Å². The summed E-state index contributed by atoms with van der Waals surface area (Å²) in [6.07, 6.45) is -0.808. The topological polar surface area (TPSA) is 91.3 Å². The van der Waals surface area contributed by atoms with Crippen molar-refractivity contribution in [3.05, 3.63) is 118 Å². The minimum absolute atomic E-state index is 0.0764. The summed E-state index contributed by atoms with van der Waals surface area (Å²) in [4.78, 5) is 16.2. The number of imidazole rings is 1. The minimum Gasteiger partial charge on any atom is -0.484 e. The molecule has 4 aromatic rings. The van der Waals surface area contributed by atoms with Gasteiger partial charge in [-0.2, -0.15) is 13.2 Å². The fourth-order valence-corrected chi connectivity index (χ4v) is 4.89. The van der Waals surface area contributed by atoms with E-state index in [1.165, 1.54) is 12.1 Å². The Bertz CT molecular complexity index is 1540. The number of hydrogen-bond donors (Lipinski definition) is 4. The van der Waals surface area contributed by atoms with Gasteiger partial charge in [-0.3, -0.25) is 9.78 Å². The molecule has 1 fully saturated rings. The second kappa shape index (κ2) is 12.7. The number of hydrazine groups is 1. The van der Waals surface area contributed by atoms with Crippen LogP contribution in [0.5, 0.6) is 5.75 Å². The van der Waals surface area contributed by atoms with Crippen LogP contribution in [0.1, 0.15) is 45.5 Å². The summed E-state index contributed by atoms with van der Waals surface area (Å²) >= 11 is 12.5. The molecule has 1 aliphatic heterocycles. The number of hydrogen-bond acceptors (Lipinski definition) is 5. The first-order chi connectivity index (χ1) is 20.1. The minimum atomic E-state index is -4.54. The number of aromatic nitrogens is 2. The van der Waals surface area contributed by atoms with Gasteiger partial charge in [0, 0.05) is 27.2 Å². The third kappa shape index (κ3) is 7.39. The average Bonchev–Trinajstić information content (AvgIpc) is 3.64. The van der Waals surface area contributed by atoms with E-state index in [0.717, 1.165) is 6.07 Å². The standard InChI is InChI=1S/C28H23Cl2F4N5O3/c29-18-5-7-20(22(30)11-18)24(13-39-10-9-35-15-39)36-25(40)16-1-3-17(4-2-16)26-37-38-27(42-26)21-8-6-19(12-23(21)31)41-14-28(32,33)34/h1-12,15,24,26-27,37-38H,13-14H2,(H,36,40)/p+1/t24-,26-,27?/m0/s1. The van der Waals surface area contributed by atoms with E-state index in [2.05, 4.69) is 25.9 Å². The molecule has 220 valence electrons. The van der Waals surface area contributed by atoms with Crippen molar-refractivity contribution in [1.82, 2.24) is 21.2 Å². The normalized spacial score (nSPS) is 17.7. The van der Waals surface area contributed by atoms with E-state index in [-0.39, 0.29) is 17.2 Å². The molecular formula is C28H24Cl2F4N5O3+. The summed E-state index contributed by atoms with van der Waals surface area (Å²) in [6.45, 7) is -1.11. The van der Waals surface area contributed by atoms with Gasteiger partial charge in [-0.1, -0.05) is 41.4 Å². The van der Waals surface area contributed by atoms with Crippen LogP contribution in [0.15, 0.2) is 79.4 Å². The molecule has 3 atom stereocenters. The van der Waals surface area contributed by atoms with Gasteiger partial charge in [0.25, 0.3) is 5.91 Å². The molecule has 2 heterocycles. The van der Waals surface area contributed by atoms with Crippen molar-refractivity contribution in [3.63, 3.8) is 0 Å². The number of rotatable bonds is 9. The number of carbonyl (C=O) groups is 1. The zero-order valence-corrected chi connectivity index (χ0v) is 23.1. The fraction of sp³-hybridized carbons (Fsp3) is 0.214. The van der Waals surface area contributed by atoms with Crippen LogP contribution in [0.2, 0.25) is 10.0 Å². The van der Waals surface area contributed by atoms with Gasteiger partial charge in [0.2, 0.25) is 6.33 Å². The Morgan fingerprint density at radius 3 is 2.48 bits per heavy atom. The number of halogens is 6. The molecule has 1 unspecified atom stereocenters. The van der Waals surface area contributed by atoms with Gasteiger partial charge in [0.05, 0.1) is 6.04 Å². The van der Waals surface area contributed by atoms with Crippen molar-refractivity contribution in [2.24, 2.45) is 0 Å². The molecule has 1 saturated heterocycles. The maximum absolute atomic E-state index is 14.6. The number of carbonyl (C=O) groups excluding carboxylic acids is 1. The summed E-state index contributed by atoms with van der Waals surface area (Å²) in [7, 11) is 0. The first-order valence-corrected chi connectivity index (χ1v) is 13.3. The number of amides is 1. The Hall–Kier alpha value is -3.68. The predicted molar refractivity (Wildman–Crippen MR) is 145 cm³/mol. The summed E-state index contributed by atoms with van der Waals surface area (Å²) in [6, 6.07) is 14.6. The van der Waals surface area contributed by atoms with Crippen molar-refractivity contribution in [3.8, 4) is 5.75 Å². The van der Waals surface area contributed by atoms with Crippen LogP contribution in [0.4, 0.5) is 17.6 Å². The summed E-state index contributed by atoms with van der Waals surface area (Å²) in [5.74, 6) is -1.38. The average molecular weight is 625 g/mol. The maximum atomic E-state index is 14.6. The predicted octanol–water partition coefficient (Wildman–Crippen LogP) is 5.68. The molecule has 0 radical (unpaired) electrons. The zero-order chi connectivity index (χ0) is 29.9. The number of benzene rings is 3. The summed E-state index contributed by atoms with van der Waals surface area (Å²) in [5, 5.41) is 3.92. The van der Waals surface area contributed by atoms with Crippen LogP contribution < -0.4 is 25.5 Å². The van der Waals surface area contributed by atoms with E-state index in [1.807, 2.05) is 10.8 Å².